The number of benzene rings is 1. The lowest BCUT2D eigenvalue weighted by molar-refractivity contribution is -0.123. The Morgan fingerprint density at radius 3 is 2.81 bits per heavy atom. The van der Waals surface area contributed by atoms with Crippen LogP contribution < -0.4 is 11.1 Å². The van der Waals surface area contributed by atoms with E-state index in [1.165, 1.54) is 12.8 Å². The highest BCUT2D eigenvalue weighted by atomic mass is 32.2. The average molecular weight is 308 g/mol. The van der Waals surface area contributed by atoms with Gasteiger partial charge in [0, 0.05) is 11.3 Å². The van der Waals surface area contributed by atoms with Crippen LogP contribution in [0.4, 0.5) is 0 Å². The minimum Gasteiger partial charge on any atom is -0.508 e. The van der Waals surface area contributed by atoms with Crippen molar-refractivity contribution in [3.8, 4) is 5.75 Å². The first-order valence-electron chi connectivity index (χ1n) is 7.45. The third-order valence-electron chi connectivity index (χ3n) is 4.03. The van der Waals surface area contributed by atoms with Gasteiger partial charge < -0.3 is 16.2 Å². The highest BCUT2D eigenvalue weighted by molar-refractivity contribution is 7.99. The van der Waals surface area contributed by atoms with Gasteiger partial charge in [0.2, 0.25) is 5.91 Å². The van der Waals surface area contributed by atoms with E-state index in [-0.39, 0.29) is 17.7 Å². The van der Waals surface area contributed by atoms with Crippen molar-refractivity contribution in [2.24, 2.45) is 5.73 Å². The zero-order chi connectivity index (χ0) is 15.2. The van der Waals surface area contributed by atoms with Gasteiger partial charge >= 0.3 is 0 Å². The second kappa shape index (κ2) is 7.71. The number of nitrogens with two attached hydrogens (primary N) is 1. The third-order valence-corrected chi connectivity index (χ3v) is 5.13. The molecule has 1 aromatic rings. The molecule has 2 unspecified atom stereocenters. The lowest BCUT2D eigenvalue weighted by Gasteiger charge is -2.29. The number of carbonyl (C=O) groups excluding carboxylic acids is 1. The van der Waals surface area contributed by atoms with Crippen LogP contribution in [0, 0.1) is 0 Å². The normalized spacial score (nSPS) is 23.5. The molecule has 21 heavy (non-hydrogen) atoms. The number of phenolic OH excluding ortho intramolecular Hbond substituents is 1. The molecular formula is C16H24N2O2S. The largest absolute Gasteiger partial charge is 0.508 e. The van der Waals surface area contributed by atoms with Gasteiger partial charge in [0.05, 0.1) is 6.04 Å². The van der Waals surface area contributed by atoms with Crippen LogP contribution in [0.2, 0.25) is 0 Å². The minimum absolute atomic E-state index is 0.0742. The van der Waals surface area contributed by atoms with Crippen LogP contribution in [0.3, 0.4) is 0 Å². The van der Waals surface area contributed by atoms with Crippen molar-refractivity contribution in [3.63, 3.8) is 0 Å². The van der Waals surface area contributed by atoms with E-state index in [9.17, 15) is 9.90 Å². The number of thioether (sulfide) groups is 1. The van der Waals surface area contributed by atoms with Gasteiger partial charge in [-0.2, -0.15) is 11.8 Å². The van der Waals surface area contributed by atoms with E-state index >= 15 is 0 Å². The third kappa shape index (κ3) is 4.93. The number of hydrogen-bond acceptors (Lipinski definition) is 4. The second-order valence-corrected chi connectivity index (χ2v) is 6.84. The van der Waals surface area contributed by atoms with Crippen molar-refractivity contribution in [2.75, 3.05) is 6.26 Å². The lowest BCUT2D eigenvalue weighted by atomic mass is 9.94. The first kappa shape index (κ1) is 16.2. The van der Waals surface area contributed by atoms with Gasteiger partial charge in [0.1, 0.15) is 5.75 Å². The van der Waals surface area contributed by atoms with Crippen molar-refractivity contribution in [1.29, 1.82) is 0 Å². The first-order valence-corrected chi connectivity index (χ1v) is 8.74. The van der Waals surface area contributed by atoms with Crippen molar-refractivity contribution in [1.82, 2.24) is 5.32 Å². The maximum atomic E-state index is 12.2. The molecule has 1 saturated carbocycles. The van der Waals surface area contributed by atoms with E-state index in [4.69, 9.17) is 5.73 Å². The fraction of sp³-hybridized carbons (Fsp3) is 0.562. The molecule has 0 radical (unpaired) electrons. The standard InChI is InChI=1S/C16H24N2O2S/c1-21-14-4-2-3-12(10-14)18-16(20)15(17)9-11-5-7-13(19)8-6-11/h5-8,12,14-15,19H,2-4,9-10,17H2,1H3,(H,18,20)/t12?,14?,15-/m1/s1. The molecule has 5 heteroatoms. The maximum Gasteiger partial charge on any atom is 0.237 e. The Bertz CT molecular complexity index is 464. The SMILES string of the molecule is CSC1CCCC(NC(=O)[C@H](N)Cc2ccc(O)cc2)C1. The molecule has 1 aliphatic rings. The molecule has 0 bridgehead atoms. The van der Waals surface area contributed by atoms with Gasteiger partial charge in [-0.05, 0) is 49.6 Å². The minimum atomic E-state index is -0.538. The summed E-state index contributed by atoms with van der Waals surface area (Å²) in [5.74, 6) is 0.150. The summed E-state index contributed by atoms with van der Waals surface area (Å²) in [6, 6.07) is 6.55. The average Bonchev–Trinajstić information content (AvgIpc) is 2.49. The summed E-state index contributed by atoms with van der Waals surface area (Å²) >= 11 is 1.88. The topological polar surface area (TPSA) is 75.4 Å². The summed E-state index contributed by atoms with van der Waals surface area (Å²) in [6.07, 6.45) is 7.13. The molecule has 0 heterocycles. The molecular weight excluding hydrogens is 284 g/mol. The second-order valence-electron chi connectivity index (χ2n) is 5.71. The van der Waals surface area contributed by atoms with Gasteiger partial charge in [-0.25, -0.2) is 0 Å². The van der Waals surface area contributed by atoms with Crippen LogP contribution in [0.1, 0.15) is 31.2 Å². The van der Waals surface area contributed by atoms with Gasteiger partial charge in [0.15, 0.2) is 0 Å². The van der Waals surface area contributed by atoms with Gasteiger partial charge in [-0.3, -0.25) is 4.79 Å². The molecule has 0 aromatic heterocycles. The molecule has 1 amide bonds. The van der Waals surface area contributed by atoms with Crippen molar-refractivity contribution in [2.45, 2.75) is 49.4 Å². The molecule has 0 saturated heterocycles. The molecule has 0 spiro atoms. The first-order chi connectivity index (χ1) is 10.1. The van der Waals surface area contributed by atoms with Crippen molar-refractivity contribution < 1.29 is 9.90 Å². The molecule has 0 aliphatic heterocycles. The van der Waals surface area contributed by atoms with Crippen molar-refractivity contribution in [3.05, 3.63) is 29.8 Å². The zero-order valence-electron chi connectivity index (χ0n) is 12.4. The summed E-state index contributed by atoms with van der Waals surface area (Å²) in [4.78, 5) is 12.2. The van der Waals surface area contributed by atoms with Crippen LogP contribution in [-0.4, -0.2) is 34.6 Å². The maximum absolute atomic E-state index is 12.2. The Kier molecular flexibility index (Phi) is 5.94. The molecule has 1 aromatic carbocycles. The Morgan fingerprint density at radius 2 is 2.14 bits per heavy atom. The highest BCUT2D eigenvalue weighted by Gasteiger charge is 2.24. The zero-order valence-corrected chi connectivity index (χ0v) is 13.2. The quantitative estimate of drug-likeness (QED) is 0.778. The number of nitrogens with one attached hydrogen (secondary N) is 1. The van der Waals surface area contributed by atoms with Gasteiger partial charge in [-0.15, -0.1) is 0 Å². The summed E-state index contributed by atoms with van der Waals surface area (Å²) < 4.78 is 0. The predicted molar refractivity (Wildman–Crippen MR) is 87.5 cm³/mol. The number of amides is 1. The molecule has 4 N–H and O–H groups in total. The number of carbonyl (C=O) groups is 1. The van der Waals surface area contributed by atoms with Crippen LogP contribution in [-0.2, 0) is 11.2 Å². The molecule has 1 aliphatic carbocycles. The lowest BCUT2D eigenvalue weighted by Crippen LogP contribution is -2.48. The van der Waals surface area contributed by atoms with Crippen LogP contribution in [0.15, 0.2) is 24.3 Å². The Balaban J connectivity index is 1.83. The van der Waals surface area contributed by atoms with Crippen LogP contribution in [0.5, 0.6) is 5.75 Å². The monoisotopic (exact) mass is 308 g/mol. The van der Waals surface area contributed by atoms with Crippen LogP contribution in [0.25, 0.3) is 0 Å². The molecule has 4 nitrogen and oxygen atoms in total. The predicted octanol–water partition coefficient (Wildman–Crippen LogP) is 2.05. The Hall–Kier alpha value is -1.20. The molecule has 2 rings (SSSR count). The van der Waals surface area contributed by atoms with E-state index < -0.39 is 6.04 Å². The molecule has 116 valence electrons. The van der Waals surface area contributed by atoms with E-state index in [0.717, 1.165) is 18.4 Å². The Morgan fingerprint density at radius 1 is 1.43 bits per heavy atom. The summed E-state index contributed by atoms with van der Waals surface area (Å²) in [7, 11) is 0. The fourth-order valence-corrected chi connectivity index (χ4v) is 3.60. The summed E-state index contributed by atoms with van der Waals surface area (Å²) in [5, 5.41) is 13.0. The van der Waals surface area contributed by atoms with Gasteiger partial charge in [-0.1, -0.05) is 18.6 Å². The Labute approximate surface area is 130 Å². The summed E-state index contributed by atoms with van der Waals surface area (Å²) in [6.45, 7) is 0. The number of aromatic hydroxyl groups is 1. The van der Waals surface area contributed by atoms with Crippen molar-refractivity contribution >= 4 is 17.7 Å². The van der Waals surface area contributed by atoms with Gasteiger partial charge in [0.25, 0.3) is 0 Å². The number of rotatable bonds is 5. The van der Waals surface area contributed by atoms with E-state index in [1.807, 2.05) is 11.8 Å². The smallest absolute Gasteiger partial charge is 0.237 e. The van der Waals surface area contributed by atoms with E-state index in [0.29, 0.717) is 11.7 Å². The van der Waals surface area contributed by atoms with E-state index in [2.05, 4.69) is 11.6 Å². The fourth-order valence-electron chi connectivity index (χ4n) is 2.78. The van der Waals surface area contributed by atoms with Crippen LogP contribution >= 0.6 is 11.8 Å². The molecule has 3 atom stereocenters. The van der Waals surface area contributed by atoms with E-state index in [1.54, 1.807) is 24.3 Å². The molecule has 1 fully saturated rings. The number of hydrogen-bond donors (Lipinski definition) is 3. The highest BCUT2D eigenvalue weighted by Crippen LogP contribution is 2.26. The number of phenols is 1. The summed E-state index contributed by atoms with van der Waals surface area (Å²) in [5.41, 5.74) is 6.95.